The Morgan fingerprint density at radius 2 is 2.43 bits per heavy atom. The summed E-state index contributed by atoms with van der Waals surface area (Å²) in [5.74, 6) is 0.749. The number of nitrogens with two attached hydrogens (primary N) is 1. The molecule has 0 bridgehead atoms. The highest BCUT2D eigenvalue weighted by atomic mass is 15.1. The van der Waals surface area contributed by atoms with Crippen LogP contribution in [0.3, 0.4) is 0 Å². The van der Waals surface area contributed by atoms with Crippen LogP contribution in [0, 0.1) is 0 Å². The SMILES string of the molecule is CCN1CC=C(c2c[nH]c(N)c2)CC1. The molecule has 1 aromatic rings. The van der Waals surface area contributed by atoms with Crippen LogP contribution >= 0.6 is 0 Å². The lowest BCUT2D eigenvalue weighted by Crippen LogP contribution is -2.27. The lowest BCUT2D eigenvalue weighted by Gasteiger charge is -2.24. The molecule has 1 aliphatic heterocycles. The standard InChI is InChI=1S/C11H17N3/c1-2-14-5-3-9(4-6-14)10-7-11(12)13-8-10/h3,7-8,13H,2,4-6,12H2,1H3. The molecule has 1 aromatic heterocycles. The Balaban J connectivity index is 2.10. The molecule has 0 aliphatic carbocycles. The third kappa shape index (κ3) is 1.82. The Kier molecular flexibility index (Phi) is 2.59. The summed E-state index contributed by atoms with van der Waals surface area (Å²) >= 11 is 0. The van der Waals surface area contributed by atoms with E-state index in [9.17, 15) is 0 Å². The van der Waals surface area contributed by atoms with E-state index < -0.39 is 0 Å². The van der Waals surface area contributed by atoms with Gasteiger partial charge < -0.3 is 10.7 Å². The Morgan fingerprint density at radius 3 is 2.93 bits per heavy atom. The van der Waals surface area contributed by atoms with E-state index in [2.05, 4.69) is 22.9 Å². The van der Waals surface area contributed by atoms with E-state index in [4.69, 9.17) is 5.73 Å². The molecule has 14 heavy (non-hydrogen) atoms. The predicted octanol–water partition coefficient (Wildman–Crippen LogP) is 1.71. The van der Waals surface area contributed by atoms with Gasteiger partial charge >= 0.3 is 0 Å². The minimum Gasteiger partial charge on any atom is -0.385 e. The molecule has 0 atom stereocenters. The zero-order valence-electron chi connectivity index (χ0n) is 8.59. The smallest absolute Gasteiger partial charge is 0.101 e. The number of H-pyrrole nitrogens is 1. The first-order valence-electron chi connectivity index (χ1n) is 5.15. The molecule has 1 aliphatic rings. The van der Waals surface area contributed by atoms with Crippen molar-refractivity contribution in [3.8, 4) is 0 Å². The lowest BCUT2D eigenvalue weighted by molar-refractivity contribution is 0.319. The topological polar surface area (TPSA) is 45.0 Å². The van der Waals surface area contributed by atoms with Crippen LogP contribution in [-0.4, -0.2) is 29.5 Å². The number of anilines is 1. The second-order valence-corrected chi connectivity index (χ2v) is 3.72. The highest BCUT2D eigenvalue weighted by molar-refractivity contribution is 5.68. The number of aromatic nitrogens is 1. The lowest BCUT2D eigenvalue weighted by atomic mass is 10.0. The molecule has 3 N–H and O–H groups in total. The van der Waals surface area contributed by atoms with Crippen molar-refractivity contribution in [3.63, 3.8) is 0 Å². The van der Waals surface area contributed by atoms with Crippen molar-refractivity contribution in [2.75, 3.05) is 25.4 Å². The largest absolute Gasteiger partial charge is 0.385 e. The Bertz CT molecular complexity index is 338. The van der Waals surface area contributed by atoms with Gasteiger partial charge in [0.25, 0.3) is 0 Å². The molecule has 0 fully saturated rings. The number of nitrogens with zero attached hydrogens (tertiary/aromatic N) is 1. The molecular weight excluding hydrogens is 174 g/mol. The number of aromatic amines is 1. The van der Waals surface area contributed by atoms with Crippen molar-refractivity contribution in [2.45, 2.75) is 13.3 Å². The van der Waals surface area contributed by atoms with Crippen LogP contribution in [0.1, 0.15) is 18.9 Å². The average molecular weight is 191 g/mol. The van der Waals surface area contributed by atoms with E-state index in [1.807, 2.05) is 12.3 Å². The molecule has 0 saturated heterocycles. The van der Waals surface area contributed by atoms with E-state index >= 15 is 0 Å². The number of hydrogen-bond acceptors (Lipinski definition) is 2. The zero-order valence-corrected chi connectivity index (χ0v) is 8.59. The summed E-state index contributed by atoms with van der Waals surface area (Å²) < 4.78 is 0. The van der Waals surface area contributed by atoms with Crippen LogP contribution in [0.25, 0.3) is 5.57 Å². The van der Waals surface area contributed by atoms with Crippen molar-refractivity contribution in [2.24, 2.45) is 0 Å². The van der Waals surface area contributed by atoms with Crippen LogP contribution in [-0.2, 0) is 0 Å². The third-order valence-corrected chi connectivity index (χ3v) is 2.82. The summed E-state index contributed by atoms with van der Waals surface area (Å²) in [6, 6.07) is 2.01. The molecule has 2 rings (SSSR count). The Morgan fingerprint density at radius 1 is 1.57 bits per heavy atom. The van der Waals surface area contributed by atoms with Gasteiger partial charge in [0.15, 0.2) is 0 Å². The fourth-order valence-corrected chi connectivity index (χ4v) is 1.86. The quantitative estimate of drug-likeness (QED) is 0.747. The summed E-state index contributed by atoms with van der Waals surface area (Å²) in [7, 11) is 0. The molecule has 0 amide bonds. The minimum absolute atomic E-state index is 0.749. The van der Waals surface area contributed by atoms with Crippen LogP contribution in [0.4, 0.5) is 5.82 Å². The Hall–Kier alpha value is -1.22. The van der Waals surface area contributed by atoms with E-state index in [1.165, 1.54) is 11.1 Å². The molecular formula is C11H17N3. The van der Waals surface area contributed by atoms with Gasteiger partial charge in [0.2, 0.25) is 0 Å². The number of likely N-dealkylation sites (N-methyl/N-ethyl adjacent to an activating group) is 1. The van der Waals surface area contributed by atoms with Gasteiger partial charge in [0.1, 0.15) is 5.82 Å². The van der Waals surface area contributed by atoms with Crippen LogP contribution in [0.15, 0.2) is 18.3 Å². The van der Waals surface area contributed by atoms with Gasteiger partial charge in [-0.2, -0.15) is 0 Å². The van der Waals surface area contributed by atoms with Crippen molar-refractivity contribution in [3.05, 3.63) is 23.9 Å². The van der Waals surface area contributed by atoms with E-state index in [0.717, 1.165) is 31.9 Å². The van der Waals surface area contributed by atoms with E-state index in [1.54, 1.807) is 0 Å². The van der Waals surface area contributed by atoms with Crippen molar-refractivity contribution < 1.29 is 0 Å². The molecule has 2 heterocycles. The fraction of sp³-hybridized carbons (Fsp3) is 0.455. The molecule has 0 unspecified atom stereocenters. The number of hydrogen-bond donors (Lipinski definition) is 2. The average Bonchev–Trinajstić information content (AvgIpc) is 2.65. The normalized spacial score (nSPS) is 18.2. The van der Waals surface area contributed by atoms with Gasteiger partial charge in [0.05, 0.1) is 0 Å². The predicted molar refractivity (Wildman–Crippen MR) is 59.9 cm³/mol. The van der Waals surface area contributed by atoms with Gasteiger partial charge in [-0.1, -0.05) is 13.0 Å². The second-order valence-electron chi connectivity index (χ2n) is 3.72. The minimum atomic E-state index is 0.749. The number of nitrogens with one attached hydrogen (secondary N) is 1. The molecule has 0 spiro atoms. The summed E-state index contributed by atoms with van der Waals surface area (Å²) in [6.07, 6.45) is 5.42. The molecule has 76 valence electrons. The van der Waals surface area contributed by atoms with Gasteiger partial charge in [-0.15, -0.1) is 0 Å². The highest BCUT2D eigenvalue weighted by Crippen LogP contribution is 2.23. The van der Waals surface area contributed by atoms with E-state index in [-0.39, 0.29) is 0 Å². The first-order chi connectivity index (χ1) is 6.79. The molecule has 3 heteroatoms. The molecule has 0 radical (unpaired) electrons. The summed E-state index contributed by atoms with van der Waals surface area (Å²) in [4.78, 5) is 5.44. The van der Waals surface area contributed by atoms with Gasteiger partial charge in [0, 0.05) is 19.3 Å². The Labute approximate surface area is 84.6 Å². The van der Waals surface area contributed by atoms with Crippen molar-refractivity contribution in [1.82, 2.24) is 9.88 Å². The fourth-order valence-electron chi connectivity index (χ4n) is 1.86. The summed E-state index contributed by atoms with van der Waals surface area (Å²) in [6.45, 7) is 5.57. The number of rotatable bonds is 2. The second kappa shape index (κ2) is 3.88. The maximum Gasteiger partial charge on any atom is 0.101 e. The maximum atomic E-state index is 5.65. The van der Waals surface area contributed by atoms with Crippen molar-refractivity contribution >= 4 is 11.4 Å². The first-order valence-corrected chi connectivity index (χ1v) is 5.15. The van der Waals surface area contributed by atoms with Crippen LogP contribution < -0.4 is 5.73 Å². The third-order valence-electron chi connectivity index (χ3n) is 2.82. The zero-order chi connectivity index (χ0) is 9.97. The maximum absolute atomic E-state index is 5.65. The monoisotopic (exact) mass is 191 g/mol. The molecule has 0 aromatic carbocycles. The molecule has 0 saturated carbocycles. The van der Waals surface area contributed by atoms with Crippen LogP contribution in [0.5, 0.6) is 0 Å². The van der Waals surface area contributed by atoms with Gasteiger partial charge in [-0.3, -0.25) is 4.90 Å². The highest BCUT2D eigenvalue weighted by Gasteiger charge is 2.11. The number of nitrogen functional groups attached to an aromatic ring is 1. The van der Waals surface area contributed by atoms with Crippen molar-refractivity contribution in [1.29, 1.82) is 0 Å². The van der Waals surface area contributed by atoms with Gasteiger partial charge in [-0.05, 0) is 30.2 Å². The molecule has 3 nitrogen and oxygen atoms in total. The van der Waals surface area contributed by atoms with Crippen LogP contribution in [0.2, 0.25) is 0 Å². The summed E-state index contributed by atoms with van der Waals surface area (Å²) in [5.41, 5.74) is 8.31. The summed E-state index contributed by atoms with van der Waals surface area (Å²) in [5, 5.41) is 0. The van der Waals surface area contributed by atoms with E-state index in [0.29, 0.717) is 0 Å². The first kappa shape index (κ1) is 9.34. The van der Waals surface area contributed by atoms with Gasteiger partial charge in [-0.25, -0.2) is 0 Å².